The van der Waals surface area contributed by atoms with Crippen LogP contribution in [0.15, 0.2) is 22.7 Å². The van der Waals surface area contributed by atoms with Gasteiger partial charge in [0, 0.05) is 43.3 Å². The minimum Gasteiger partial charge on any atom is -0.465 e. The number of halogens is 2. The number of carbonyl (C=O) groups excluding carboxylic acids is 2. The topological polar surface area (TPSA) is 108 Å². The molecule has 4 rings (SSSR count). The number of imidazole rings is 1. The average molecular weight is 511 g/mol. The monoisotopic (exact) mass is 509 g/mol. The van der Waals surface area contributed by atoms with Gasteiger partial charge in [-0.15, -0.1) is 0 Å². The Bertz CT molecular complexity index is 1070. The zero-order valence-corrected chi connectivity index (χ0v) is 19.1. The number of anilines is 1. The molecule has 3 amide bonds. The molecule has 0 spiro atoms. The van der Waals surface area contributed by atoms with Crippen LogP contribution in [0.25, 0.3) is 0 Å². The lowest BCUT2D eigenvalue weighted by molar-refractivity contribution is -0.136. The fraction of sp³-hybridized carbons (Fsp3) is 0.400. The van der Waals surface area contributed by atoms with Crippen LogP contribution in [0.1, 0.15) is 28.4 Å². The first kappa shape index (κ1) is 21.6. The smallest absolute Gasteiger partial charge is 0.407 e. The van der Waals surface area contributed by atoms with E-state index in [-0.39, 0.29) is 30.1 Å². The Hall–Kier alpha value is -2.59. The summed E-state index contributed by atoms with van der Waals surface area (Å²) in [5, 5.41) is 12.3. The van der Waals surface area contributed by atoms with E-state index in [0.29, 0.717) is 53.4 Å². The number of amides is 3. The summed E-state index contributed by atoms with van der Waals surface area (Å²) >= 11 is 9.57. The Labute approximate surface area is 192 Å². The molecule has 0 radical (unpaired) electrons. The molecule has 0 unspecified atom stereocenters. The van der Waals surface area contributed by atoms with Crippen LogP contribution >= 0.6 is 27.5 Å². The molecule has 0 aliphatic carbocycles. The Morgan fingerprint density at radius 1 is 1.26 bits per heavy atom. The van der Waals surface area contributed by atoms with Gasteiger partial charge in [0.1, 0.15) is 0 Å². The van der Waals surface area contributed by atoms with Crippen molar-refractivity contribution in [2.45, 2.75) is 19.4 Å². The zero-order valence-electron chi connectivity index (χ0n) is 16.8. The largest absolute Gasteiger partial charge is 0.465 e. The molecule has 11 heteroatoms. The minimum absolute atomic E-state index is 0.0630. The summed E-state index contributed by atoms with van der Waals surface area (Å²) in [5.41, 5.74) is 2.07. The number of aromatic nitrogens is 2. The highest BCUT2D eigenvalue weighted by molar-refractivity contribution is 9.10. The van der Waals surface area contributed by atoms with Crippen molar-refractivity contribution in [2.24, 2.45) is 13.0 Å². The maximum Gasteiger partial charge on any atom is 0.407 e. The fourth-order valence-electron chi connectivity index (χ4n) is 4.09. The van der Waals surface area contributed by atoms with Crippen LogP contribution in [0, 0.1) is 5.92 Å². The first-order valence-electron chi connectivity index (χ1n) is 9.82. The molecule has 0 saturated carbocycles. The van der Waals surface area contributed by atoms with Gasteiger partial charge in [-0.25, -0.2) is 9.78 Å². The quantitative estimate of drug-likeness (QED) is 0.660. The Balaban J connectivity index is 1.48. The molecule has 3 heterocycles. The number of nitrogens with one attached hydrogen (secondary N) is 1. The van der Waals surface area contributed by atoms with Crippen LogP contribution in [0.5, 0.6) is 0 Å². The molecule has 0 bridgehead atoms. The van der Waals surface area contributed by atoms with E-state index in [2.05, 4.69) is 26.2 Å². The minimum atomic E-state index is -0.998. The van der Waals surface area contributed by atoms with Crippen LogP contribution in [0.4, 0.5) is 10.5 Å². The summed E-state index contributed by atoms with van der Waals surface area (Å²) in [6.45, 7) is 1.40. The average Bonchev–Trinajstić information content (AvgIpc) is 3.36. The van der Waals surface area contributed by atoms with Crippen molar-refractivity contribution in [1.29, 1.82) is 0 Å². The lowest BCUT2D eigenvalue weighted by atomic mass is 10.0. The van der Waals surface area contributed by atoms with Crippen LogP contribution < -0.4 is 5.32 Å². The van der Waals surface area contributed by atoms with Crippen molar-refractivity contribution >= 4 is 51.1 Å². The van der Waals surface area contributed by atoms with E-state index in [4.69, 9.17) is 16.7 Å². The second-order valence-electron chi connectivity index (χ2n) is 7.67. The van der Waals surface area contributed by atoms with E-state index < -0.39 is 6.09 Å². The van der Waals surface area contributed by atoms with Crippen molar-refractivity contribution in [1.82, 2.24) is 19.4 Å². The molecule has 9 nitrogen and oxygen atoms in total. The summed E-state index contributed by atoms with van der Waals surface area (Å²) in [6.07, 6.45) is 0.102. The second-order valence-corrected chi connectivity index (χ2v) is 8.90. The summed E-state index contributed by atoms with van der Waals surface area (Å²) in [4.78, 5) is 44.3. The van der Waals surface area contributed by atoms with E-state index in [0.717, 1.165) is 5.69 Å². The van der Waals surface area contributed by atoms with E-state index in [1.54, 1.807) is 34.7 Å². The third-order valence-electron chi connectivity index (χ3n) is 5.78. The first-order valence-corrected chi connectivity index (χ1v) is 11.0. The lowest BCUT2D eigenvalue weighted by Crippen LogP contribution is -2.41. The van der Waals surface area contributed by atoms with Crippen molar-refractivity contribution < 1.29 is 19.5 Å². The van der Waals surface area contributed by atoms with E-state index in [1.165, 1.54) is 4.90 Å². The predicted octanol–water partition coefficient (Wildman–Crippen LogP) is 2.97. The molecule has 2 N–H and O–H groups in total. The number of fused-ring (bicyclic) bond motifs is 1. The Morgan fingerprint density at radius 3 is 2.74 bits per heavy atom. The zero-order chi connectivity index (χ0) is 22.3. The van der Waals surface area contributed by atoms with Gasteiger partial charge in [0.15, 0.2) is 5.82 Å². The highest BCUT2D eigenvalue weighted by Gasteiger charge is 2.36. The molecular weight excluding hydrogens is 490 g/mol. The number of nitrogens with zero attached hydrogens (tertiary/aromatic N) is 4. The predicted molar refractivity (Wildman–Crippen MR) is 117 cm³/mol. The standard InChI is InChI=1S/C20H21BrClN5O4/c1-25-15-6-8-26(19(29)11-5-7-27(9-11)20(30)31)10-14(15)23-17(25)18(28)24-13-4-2-3-12(21)16(13)22/h2-4,11H,5-10H2,1H3,(H,24,28)(H,30,31)/t11-/m0/s1. The number of rotatable bonds is 3. The van der Waals surface area contributed by atoms with Crippen LogP contribution in [-0.4, -0.2) is 62.0 Å². The molecule has 2 aliphatic rings. The molecule has 2 aromatic rings. The molecule has 1 atom stereocenters. The van der Waals surface area contributed by atoms with Crippen LogP contribution in [0.3, 0.4) is 0 Å². The summed E-state index contributed by atoms with van der Waals surface area (Å²) < 4.78 is 2.42. The van der Waals surface area contributed by atoms with Crippen LogP contribution in [0.2, 0.25) is 5.02 Å². The van der Waals surface area contributed by atoms with Gasteiger partial charge >= 0.3 is 6.09 Å². The number of carbonyl (C=O) groups is 3. The van der Waals surface area contributed by atoms with Crippen molar-refractivity contribution in [2.75, 3.05) is 25.0 Å². The number of benzene rings is 1. The normalized spacial score (nSPS) is 18.1. The SMILES string of the molecule is Cn1c(C(=O)Nc2cccc(Br)c2Cl)nc2c1CCN(C(=O)[C@H]1CCN(C(=O)O)C1)C2. The van der Waals surface area contributed by atoms with Crippen molar-refractivity contribution in [3.63, 3.8) is 0 Å². The van der Waals surface area contributed by atoms with Crippen LogP contribution in [-0.2, 0) is 24.8 Å². The number of hydrogen-bond acceptors (Lipinski definition) is 4. The Kier molecular flexibility index (Phi) is 5.94. The van der Waals surface area contributed by atoms with Crippen molar-refractivity contribution in [3.05, 3.63) is 44.9 Å². The second kappa shape index (κ2) is 8.51. The van der Waals surface area contributed by atoms with Gasteiger partial charge in [-0.1, -0.05) is 17.7 Å². The summed E-state index contributed by atoms with van der Waals surface area (Å²) in [6, 6.07) is 5.26. The van der Waals surface area contributed by atoms with Gasteiger partial charge in [-0.05, 0) is 34.5 Å². The van der Waals surface area contributed by atoms with E-state index >= 15 is 0 Å². The highest BCUT2D eigenvalue weighted by Crippen LogP contribution is 2.30. The van der Waals surface area contributed by atoms with Gasteiger partial charge in [0.05, 0.1) is 28.9 Å². The molecule has 1 saturated heterocycles. The summed E-state index contributed by atoms with van der Waals surface area (Å²) in [5.74, 6) is -0.536. The van der Waals surface area contributed by atoms with Crippen molar-refractivity contribution in [3.8, 4) is 0 Å². The number of hydrogen-bond donors (Lipinski definition) is 2. The highest BCUT2D eigenvalue weighted by atomic mass is 79.9. The van der Waals surface area contributed by atoms with Gasteiger partial charge in [-0.3, -0.25) is 9.59 Å². The Morgan fingerprint density at radius 2 is 2.03 bits per heavy atom. The molecule has 164 valence electrons. The fourth-order valence-corrected chi connectivity index (χ4v) is 4.63. The van der Waals surface area contributed by atoms with Gasteiger partial charge in [-0.2, -0.15) is 0 Å². The lowest BCUT2D eigenvalue weighted by Gasteiger charge is -2.29. The van der Waals surface area contributed by atoms with Gasteiger partial charge in [0.2, 0.25) is 5.91 Å². The van der Waals surface area contributed by atoms with E-state index in [9.17, 15) is 14.4 Å². The molecule has 1 fully saturated rings. The molecule has 31 heavy (non-hydrogen) atoms. The first-order chi connectivity index (χ1) is 14.8. The van der Waals surface area contributed by atoms with E-state index in [1.807, 2.05) is 0 Å². The number of likely N-dealkylation sites (tertiary alicyclic amines) is 1. The van der Waals surface area contributed by atoms with Gasteiger partial charge < -0.3 is 24.8 Å². The molecular formula is C20H21BrClN5O4. The summed E-state index contributed by atoms with van der Waals surface area (Å²) in [7, 11) is 1.78. The molecule has 1 aromatic heterocycles. The maximum atomic E-state index is 12.9. The van der Waals surface area contributed by atoms with Gasteiger partial charge in [0.25, 0.3) is 5.91 Å². The molecule has 2 aliphatic heterocycles. The third kappa shape index (κ3) is 4.14. The molecule has 1 aromatic carbocycles. The number of carboxylic acid groups (broad SMARTS) is 1. The third-order valence-corrected chi connectivity index (χ3v) is 7.07. The maximum absolute atomic E-state index is 12.9.